The standard InChI is InChI=1S/C26H25FN4OS/c1-33-24-9-5-3-7-22(24)28-25-21-6-2-4-8-23(21)31(26(25)32)18-29-14-16-30(17-15-29)20-12-10-19(27)11-13-20/h2-13H,14-18H2,1H3. The largest absolute Gasteiger partial charge is 0.369 e. The maximum Gasteiger partial charge on any atom is 0.278 e. The summed E-state index contributed by atoms with van der Waals surface area (Å²) in [6.07, 6.45) is 2.02. The van der Waals surface area contributed by atoms with Crippen LogP contribution in [0.5, 0.6) is 0 Å². The lowest BCUT2D eigenvalue weighted by atomic mass is 10.1. The topological polar surface area (TPSA) is 39.2 Å². The Hall–Kier alpha value is -3.16. The Bertz CT molecular complexity index is 1190. The highest BCUT2D eigenvalue weighted by molar-refractivity contribution is 7.98. The molecule has 0 aromatic heterocycles. The number of carbonyl (C=O) groups excluding carboxylic acids is 1. The van der Waals surface area contributed by atoms with Crippen molar-refractivity contribution < 1.29 is 9.18 Å². The van der Waals surface area contributed by atoms with Crippen LogP contribution in [0.2, 0.25) is 0 Å². The number of anilines is 2. The first kappa shape index (κ1) is 21.7. The number of thioether (sulfide) groups is 1. The molecule has 0 radical (unpaired) electrons. The minimum atomic E-state index is -0.221. The van der Waals surface area contributed by atoms with E-state index >= 15 is 0 Å². The Balaban J connectivity index is 1.34. The summed E-state index contributed by atoms with van der Waals surface area (Å²) in [5.74, 6) is -0.283. The predicted octanol–water partition coefficient (Wildman–Crippen LogP) is 4.79. The van der Waals surface area contributed by atoms with Gasteiger partial charge in [0.25, 0.3) is 5.91 Å². The molecule has 2 aliphatic rings. The molecule has 1 amide bonds. The smallest absolute Gasteiger partial charge is 0.278 e. The second kappa shape index (κ2) is 9.37. The van der Waals surface area contributed by atoms with Gasteiger partial charge in [0.05, 0.1) is 18.0 Å². The van der Waals surface area contributed by atoms with E-state index in [2.05, 4.69) is 9.80 Å². The molecule has 5 nitrogen and oxygen atoms in total. The van der Waals surface area contributed by atoms with Crippen LogP contribution < -0.4 is 9.80 Å². The Morgan fingerprint density at radius 1 is 0.909 bits per heavy atom. The van der Waals surface area contributed by atoms with E-state index in [4.69, 9.17) is 4.99 Å². The molecular weight excluding hydrogens is 435 g/mol. The van der Waals surface area contributed by atoms with Gasteiger partial charge in [0.1, 0.15) is 11.5 Å². The summed E-state index contributed by atoms with van der Waals surface area (Å²) in [6, 6.07) is 22.4. The normalized spacial score (nSPS) is 17.6. The third-order valence-electron chi connectivity index (χ3n) is 6.12. The minimum Gasteiger partial charge on any atom is -0.369 e. The number of amides is 1. The fourth-order valence-corrected chi connectivity index (χ4v) is 4.89. The van der Waals surface area contributed by atoms with Crippen molar-refractivity contribution in [1.29, 1.82) is 0 Å². The number of benzene rings is 3. The van der Waals surface area contributed by atoms with Crippen LogP contribution in [0.3, 0.4) is 0 Å². The van der Waals surface area contributed by atoms with Gasteiger partial charge in [0.2, 0.25) is 0 Å². The van der Waals surface area contributed by atoms with Gasteiger partial charge in [-0.3, -0.25) is 14.6 Å². The van der Waals surface area contributed by atoms with Crippen molar-refractivity contribution >= 4 is 40.4 Å². The van der Waals surface area contributed by atoms with Crippen LogP contribution in [0, 0.1) is 5.82 Å². The van der Waals surface area contributed by atoms with E-state index in [0.29, 0.717) is 12.4 Å². The molecule has 168 valence electrons. The van der Waals surface area contributed by atoms with Gasteiger partial charge in [0.15, 0.2) is 0 Å². The zero-order valence-electron chi connectivity index (χ0n) is 18.4. The predicted molar refractivity (Wildman–Crippen MR) is 133 cm³/mol. The molecule has 3 aromatic carbocycles. The molecule has 0 bridgehead atoms. The number of piperazine rings is 1. The zero-order chi connectivity index (χ0) is 22.8. The lowest BCUT2D eigenvalue weighted by Crippen LogP contribution is -2.51. The molecule has 1 saturated heterocycles. The van der Waals surface area contributed by atoms with E-state index in [1.54, 1.807) is 11.8 Å². The summed E-state index contributed by atoms with van der Waals surface area (Å²) in [6.45, 7) is 3.83. The molecule has 0 saturated carbocycles. The van der Waals surface area contributed by atoms with E-state index < -0.39 is 0 Å². The average molecular weight is 461 g/mol. The number of nitrogens with zero attached hydrogens (tertiary/aromatic N) is 4. The van der Waals surface area contributed by atoms with Crippen LogP contribution in [-0.4, -0.2) is 55.6 Å². The highest BCUT2D eigenvalue weighted by Gasteiger charge is 2.35. The van der Waals surface area contributed by atoms with Crippen molar-refractivity contribution in [2.24, 2.45) is 4.99 Å². The Labute approximate surface area is 197 Å². The number of hydrogen-bond donors (Lipinski definition) is 0. The molecular formula is C26H25FN4OS. The van der Waals surface area contributed by atoms with Crippen LogP contribution in [-0.2, 0) is 4.79 Å². The molecule has 5 rings (SSSR count). The first-order valence-electron chi connectivity index (χ1n) is 11.0. The number of carbonyl (C=O) groups is 1. The van der Waals surface area contributed by atoms with Crippen molar-refractivity contribution in [3.05, 3.63) is 84.2 Å². The van der Waals surface area contributed by atoms with E-state index in [1.165, 1.54) is 12.1 Å². The third-order valence-corrected chi connectivity index (χ3v) is 6.91. The van der Waals surface area contributed by atoms with E-state index in [-0.39, 0.29) is 11.7 Å². The van der Waals surface area contributed by atoms with Crippen LogP contribution in [0.25, 0.3) is 0 Å². The molecule has 3 aromatic rings. The lowest BCUT2D eigenvalue weighted by Gasteiger charge is -2.37. The fourth-order valence-electron chi connectivity index (χ4n) is 4.35. The van der Waals surface area contributed by atoms with Crippen molar-refractivity contribution in [3.63, 3.8) is 0 Å². The van der Waals surface area contributed by atoms with Gasteiger partial charge in [-0.15, -0.1) is 11.8 Å². The quantitative estimate of drug-likeness (QED) is 0.513. The first-order valence-corrected chi connectivity index (χ1v) is 12.2. The highest BCUT2D eigenvalue weighted by Crippen LogP contribution is 2.34. The summed E-state index contributed by atoms with van der Waals surface area (Å²) in [5.41, 5.74) is 4.13. The lowest BCUT2D eigenvalue weighted by molar-refractivity contribution is -0.112. The maximum absolute atomic E-state index is 13.5. The molecule has 0 unspecified atom stereocenters. The SMILES string of the molecule is CSc1ccccc1N=C1C(=O)N(CN2CCN(c3ccc(F)cc3)CC2)c2ccccc21. The monoisotopic (exact) mass is 460 g/mol. The minimum absolute atomic E-state index is 0.0620. The number of fused-ring (bicyclic) bond motifs is 1. The molecule has 0 spiro atoms. The second-order valence-corrected chi connectivity index (χ2v) is 8.95. The van der Waals surface area contributed by atoms with Gasteiger partial charge >= 0.3 is 0 Å². The van der Waals surface area contributed by atoms with Gasteiger partial charge in [0, 0.05) is 42.3 Å². The Morgan fingerprint density at radius 3 is 2.36 bits per heavy atom. The maximum atomic E-state index is 13.5. The van der Waals surface area contributed by atoms with Crippen LogP contribution in [0.4, 0.5) is 21.5 Å². The van der Waals surface area contributed by atoms with Gasteiger partial charge < -0.3 is 4.90 Å². The van der Waals surface area contributed by atoms with Gasteiger partial charge in [-0.1, -0.05) is 30.3 Å². The number of aliphatic imine (C=N–C) groups is 1. The van der Waals surface area contributed by atoms with Gasteiger partial charge in [-0.05, 0) is 48.7 Å². The van der Waals surface area contributed by atoms with Crippen molar-refractivity contribution in [3.8, 4) is 0 Å². The molecule has 2 aliphatic heterocycles. The Morgan fingerprint density at radius 2 is 1.61 bits per heavy atom. The summed E-state index contributed by atoms with van der Waals surface area (Å²) in [7, 11) is 0. The molecule has 0 atom stereocenters. The molecule has 0 N–H and O–H groups in total. The van der Waals surface area contributed by atoms with Crippen LogP contribution in [0.1, 0.15) is 5.56 Å². The number of para-hydroxylation sites is 2. The third kappa shape index (κ3) is 4.38. The molecule has 7 heteroatoms. The van der Waals surface area contributed by atoms with Crippen molar-refractivity contribution in [2.75, 3.05) is 48.9 Å². The molecule has 2 heterocycles. The highest BCUT2D eigenvalue weighted by atomic mass is 32.2. The van der Waals surface area contributed by atoms with Gasteiger partial charge in [-0.2, -0.15) is 0 Å². The van der Waals surface area contributed by atoms with Gasteiger partial charge in [-0.25, -0.2) is 9.38 Å². The average Bonchev–Trinajstić information content (AvgIpc) is 3.11. The first-order chi connectivity index (χ1) is 16.1. The number of hydrogen-bond acceptors (Lipinski definition) is 5. The van der Waals surface area contributed by atoms with E-state index in [9.17, 15) is 9.18 Å². The van der Waals surface area contributed by atoms with Crippen LogP contribution >= 0.6 is 11.8 Å². The summed E-state index contributed by atoms with van der Waals surface area (Å²) >= 11 is 1.62. The van der Waals surface area contributed by atoms with E-state index in [1.807, 2.05) is 71.8 Å². The summed E-state index contributed by atoms with van der Waals surface area (Å²) in [5, 5.41) is 0. The van der Waals surface area contributed by atoms with E-state index in [0.717, 1.165) is 53.7 Å². The van der Waals surface area contributed by atoms with Crippen molar-refractivity contribution in [1.82, 2.24) is 4.90 Å². The zero-order valence-corrected chi connectivity index (χ0v) is 19.3. The summed E-state index contributed by atoms with van der Waals surface area (Å²) < 4.78 is 13.2. The molecule has 1 fully saturated rings. The molecule has 0 aliphatic carbocycles. The number of halogens is 1. The second-order valence-electron chi connectivity index (χ2n) is 8.11. The van der Waals surface area contributed by atoms with Crippen molar-refractivity contribution in [2.45, 2.75) is 4.90 Å². The summed E-state index contributed by atoms with van der Waals surface area (Å²) in [4.78, 5) is 25.7. The fraction of sp³-hybridized carbons (Fsp3) is 0.231. The Kier molecular flexibility index (Phi) is 6.15. The molecule has 33 heavy (non-hydrogen) atoms. The number of rotatable bonds is 5. The van der Waals surface area contributed by atoms with Crippen LogP contribution in [0.15, 0.2) is 82.7 Å².